The molecule has 0 amide bonds. The summed E-state index contributed by atoms with van der Waals surface area (Å²) in [6.07, 6.45) is 2.91. The molecule has 1 fully saturated rings. The maximum Gasteiger partial charge on any atom is 0.314 e. The smallest absolute Gasteiger partial charge is 0.314 e. The number of hydrogen-bond donors (Lipinski definition) is 1. The highest BCUT2D eigenvalue weighted by molar-refractivity contribution is 6.04. The zero-order valence-electron chi connectivity index (χ0n) is 15.5. The van der Waals surface area contributed by atoms with Crippen LogP contribution in [0.1, 0.15) is 29.4 Å². The number of para-hydroxylation sites is 1. The highest BCUT2D eigenvalue weighted by atomic mass is 16.5. The summed E-state index contributed by atoms with van der Waals surface area (Å²) in [7, 11) is 3.47. The van der Waals surface area contributed by atoms with Crippen LogP contribution in [0.2, 0.25) is 0 Å². The fourth-order valence-electron chi connectivity index (χ4n) is 4.93. The number of nitrogens with zero attached hydrogens (tertiary/aromatic N) is 1. The number of ether oxygens (including phenoxy) is 1. The summed E-state index contributed by atoms with van der Waals surface area (Å²) in [4.78, 5) is 31.6. The van der Waals surface area contributed by atoms with Crippen LogP contribution in [-0.4, -0.2) is 48.9 Å². The van der Waals surface area contributed by atoms with Crippen molar-refractivity contribution in [1.82, 2.24) is 9.88 Å². The number of nitrogens with one attached hydrogen (secondary N) is 1. The van der Waals surface area contributed by atoms with E-state index in [0.29, 0.717) is 25.1 Å². The molecule has 1 aliphatic heterocycles. The number of Topliss-reactive ketones (excluding diaryl/α,β-unsaturated/α-hetero) is 1. The molecular weight excluding hydrogens is 328 g/mol. The first-order chi connectivity index (χ1) is 12.5. The molecule has 1 aromatic heterocycles. The molecule has 2 atom stereocenters. The zero-order chi connectivity index (χ0) is 18.5. The van der Waals surface area contributed by atoms with Crippen molar-refractivity contribution in [3.05, 3.63) is 47.2 Å². The first-order valence-electron chi connectivity index (χ1n) is 9.05. The van der Waals surface area contributed by atoms with Crippen molar-refractivity contribution >= 4 is 22.7 Å². The SMILES string of the molecule is C/C=C1/CN(C)C[C@]2(C(=O)OC)Cc3c([nH]c4ccccc34)C(=O)C[C@H]12. The summed E-state index contributed by atoms with van der Waals surface area (Å²) < 4.78 is 5.27. The van der Waals surface area contributed by atoms with E-state index < -0.39 is 5.41 Å². The molecule has 0 saturated carbocycles. The number of hydrogen-bond acceptors (Lipinski definition) is 4. The van der Waals surface area contributed by atoms with Gasteiger partial charge in [0.1, 0.15) is 0 Å². The number of rotatable bonds is 1. The number of esters is 1. The number of likely N-dealkylation sites (N-methyl/N-ethyl adjacent to an activating group) is 1. The average molecular weight is 352 g/mol. The van der Waals surface area contributed by atoms with Gasteiger partial charge in [-0.05, 0) is 32.0 Å². The number of allylic oxidation sites excluding steroid dienone is 1. The fraction of sp³-hybridized carbons (Fsp3) is 0.429. The number of H-pyrrole nitrogens is 1. The topological polar surface area (TPSA) is 62.4 Å². The Morgan fingerprint density at radius 1 is 1.38 bits per heavy atom. The Labute approximate surface area is 153 Å². The quantitative estimate of drug-likeness (QED) is 0.633. The predicted molar refractivity (Wildman–Crippen MR) is 100 cm³/mol. The Bertz CT molecular complexity index is 926. The number of benzene rings is 1. The van der Waals surface area contributed by atoms with Gasteiger partial charge in [-0.25, -0.2) is 0 Å². The van der Waals surface area contributed by atoms with Crippen LogP contribution in [0.3, 0.4) is 0 Å². The Balaban J connectivity index is 1.96. The van der Waals surface area contributed by atoms with Crippen molar-refractivity contribution in [1.29, 1.82) is 0 Å². The van der Waals surface area contributed by atoms with E-state index in [1.165, 1.54) is 7.11 Å². The van der Waals surface area contributed by atoms with Crippen LogP contribution in [0.5, 0.6) is 0 Å². The van der Waals surface area contributed by atoms with Crippen LogP contribution in [-0.2, 0) is 16.0 Å². The molecule has 5 nitrogen and oxygen atoms in total. The Morgan fingerprint density at radius 3 is 2.88 bits per heavy atom. The molecule has 0 radical (unpaired) electrons. The minimum Gasteiger partial charge on any atom is -0.469 e. The van der Waals surface area contributed by atoms with Crippen molar-refractivity contribution in [2.75, 3.05) is 27.2 Å². The molecule has 2 aliphatic rings. The summed E-state index contributed by atoms with van der Waals surface area (Å²) >= 11 is 0. The maximum absolute atomic E-state index is 13.1. The standard InChI is InChI=1S/C21H24N2O3/c1-4-13-11-23(2)12-21(20(25)26-3)10-15-14-7-5-6-8-17(14)22-19(15)18(24)9-16(13)21/h4-8,16,22H,9-12H2,1-3H3/b13-4-/t16-,21-/m1/s1. The highest BCUT2D eigenvalue weighted by Crippen LogP contribution is 2.48. The molecule has 5 heteroatoms. The van der Waals surface area contributed by atoms with E-state index in [2.05, 4.69) is 16.0 Å². The van der Waals surface area contributed by atoms with E-state index in [4.69, 9.17) is 4.74 Å². The summed E-state index contributed by atoms with van der Waals surface area (Å²) in [6.45, 7) is 3.36. The lowest BCUT2D eigenvalue weighted by atomic mass is 9.65. The number of fused-ring (bicyclic) bond motifs is 4. The third-order valence-corrected chi connectivity index (χ3v) is 6.06. The van der Waals surface area contributed by atoms with Crippen LogP contribution in [0.25, 0.3) is 10.9 Å². The molecule has 0 spiro atoms. The van der Waals surface area contributed by atoms with Crippen molar-refractivity contribution in [2.24, 2.45) is 11.3 Å². The first-order valence-corrected chi connectivity index (χ1v) is 9.05. The molecule has 1 N–H and O–H groups in total. The first kappa shape index (κ1) is 17.0. The number of ketones is 1. The Kier molecular flexibility index (Phi) is 3.99. The van der Waals surface area contributed by atoms with Gasteiger partial charge in [0.2, 0.25) is 0 Å². The molecule has 4 rings (SSSR count). The van der Waals surface area contributed by atoms with Gasteiger partial charge < -0.3 is 14.6 Å². The molecule has 1 aliphatic carbocycles. The Morgan fingerprint density at radius 2 is 2.15 bits per heavy atom. The van der Waals surface area contributed by atoms with Crippen LogP contribution < -0.4 is 0 Å². The summed E-state index contributed by atoms with van der Waals surface area (Å²) in [6, 6.07) is 7.92. The monoisotopic (exact) mass is 352 g/mol. The molecule has 26 heavy (non-hydrogen) atoms. The second-order valence-electron chi connectivity index (χ2n) is 7.56. The van der Waals surface area contributed by atoms with Gasteiger partial charge in [0.15, 0.2) is 5.78 Å². The fourth-order valence-corrected chi connectivity index (χ4v) is 4.93. The molecular formula is C21H24N2O3. The minimum atomic E-state index is -0.741. The number of methoxy groups -OCH3 is 1. The van der Waals surface area contributed by atoms with E-state index in [0.717, 1.165) is 28.6 Å². The second-order valence-corrected chi connectivity index (χ2v) is 7.56. The number of aromatic amines is 1. The zero-order valence-corrected chi connectivity index (χ0v) is 15.5. The number of piperidine rings is 1. The van der Waals surface area contributed by atoms with Crippen molar-refractivity contribution < 1.29 is 14.3 Å². The van der Waals surface area contributed by atoms with Gasteiger partial charge in [-0.2, -0.15) is 0 Å². The van der Waals surface area contributed by atoms with Crippen LogP contribution in [0.4, 0.5) is 0 Å². The lowest BCUT2D eigenvalue weighted by Gasteiger charge is -2.46. The highest BCUT2D eigenvalue weighted by Gasteiger charge is 2.54. The molecule has 2 aromatic rings. The lowest BCUT2D eigenvalue weighted by Crippen LogP contribution is -2.54. The predicted octanol–water partition coefficient (Wildman–Crippen LogP) is 2.96. The number of carbonyl (C=O) groups excluding carboxylic acids is 2. The van der Waals surface area contributed by atoms with Gasteiger partial charge in [-0.15, -0.1) is 0 Å². The maximum atomic E-state index is 13.1. The number of likely N-dealkylation sites (tertiary alicyclic amines) is 1. The van der Waals surface area contributed by atoms with Gasteiger partial charge in [0.25, 0.3) is 0 Å². The lowest BCUT2D eigenvalue weighted by molar-refractivity contribution is -0.158. The normalized spacial score (nSPS) is 27.9. The van der Waals surface area contributed by atoms with Crippen molar-refractivity contribution in [3.8, 4) is 0 Å². The number of carbonyl (C=O) groups is 2. The molecule has 2 heterocycles. The van der Waals surface area contributed by atoms with Gasteiger partial charge in [-0.1, -0.05) is 29.8 Å². The van der Waals surface area contributed by atoms with Gasteiger partial charge in [0.05, 0.1) is 18.2 Å². The van der Waals surface area contributed by atoms with Crippen LogP contribution in [0, 0.1) is 11.3 Å². The van der Waals surface area contributed by atoms with E-state index in [9.17, 15) is 9.59 Å². The molecule has 136 valence electrons. The summed E-state index contributed by atoms with van der Waals surface area (Å²) in [5.41, 5.74) is 2.95. The second kappa shape index (κ2) is 6.09. The Hall–Kier alpha value is -2.40. The third kappa shape index (κ3) is 2.34. The van der Waals surface area contributed by atoms with Gasteiger partial charge >= 0.3 is 5.97 Å². The van der Waals surface area contributed by atoms with E-state index in [1.54, 1.807) is 0 Å². The minimum absolute atomic E-state index is 0.0795. The van der Waals surface area contributed by atoms with Gasteiger partial charge in [0, 0.05) is 36.3 Å². The molecule has 0 bridgehead atoms. The van der Waals surface area contributed by atoms with E-state index in [-0.39, 0.29) is 17.7 Å². The molecule has 1 aromatic carbocycles. The van der Waals surface area contributed by atoms with E-state index >= 15 is 0 Å². The summed E-state index contributed by atoms with van der Waals surface area (Å²) in [5, 5.41) is 1.02. The van der Waals surface area contributed by atoms with Gasteiger partial charge in [-0.3, -0.25) is 9.59 Å². The van der Waals surface area contributed by atoms with Crippen LogP contribution in [0.15, 0.2) is 35.9 Å². The largest absolute Gasteiger partial charge is 0.469 e. The van der Waals surface area contributed by atoms with E-state index in [1.807, 2.05) is 38.2 Å². The van der Waals surface area contributed by atoms with Crippen molar-refractivity contribution in [2.45, 2.75) is 19.8 Å². The van der Waals surface area contributed by atoms with Crippen LogP contribution >= 0.6 is 0 Å². The number of aromatic nitrogens is 1. The van der Waals surface area contributed by atoms with Crippen molar-refractivity contribution in [3.63, 3.8) is 0 Å². The summed E-state index contributed by atoms with van der Waals surface area (Å²) in [5.74, 6) is -0.265. The molecule has 0 unspecified atom stereocenters. The third-order valence-electron chi connectivity index (χ3n) is 6.06. The molecule has 1 saturated heterocycles. The average Bonchev–Trinajstić information content (AvgIpc) is 2.95.